The lowest BCUT2D eigenvalue weighted by Gasteiger charge is -2.56. The van der Waals surface area contributed by atoms with Crippen LogP contribution < -0.4 is 0 Å². The maximum Gasteiger partial charge on any atom is 0.213 e. The molecular formula is C13H19N3S. The highest BCUT2D eigenvalue weighted by atomic mass is 32.1. The highest BCUT2D eigenvalue weighted by molar-refractivity contribution is 7.71. The van der Waals surface area contributed by atoms with Gasteiger partial charge in [-0.2, -0.15) is 0 Å². The fraction of sp³-hybridized carbons (Fsp3) is 0.846. The second-order valence-electron chi connectivity index (χ2n) is 6.71. The predicted molar refractivity (Wildman–Crippen MR) is 68.1 cm³/mol. The Bertz CT molecular complexity index is 452. The third-order valence-corrected chi connectivity index (χ3v) is 5.45. The van der Waals surface area contributed by atoms with E-state index in [1.165, 1.54) is 38.5 Å². The van der Waals surface area contributed by atoms with E-state index in [2.05, 4.69) is 15.2 Å². The molecule has 92 valence electrons. The maximum atomic E-state index is 5.04. The van der Waals surface area contributed by atoms with Crippen molar-refractivity contribution >= 4 is 12.2 Å². The molecule has 1 heterocycles. The summed E-state index contributed by atoms with van der Waals surface area (Å²) in [6, 6.07) is 0. The van der Waals surface area contributed by atoms with Crippen LogP contribution in [0.25, 0.3) is 0 Å². The summed E-state index contributed by atoms with van der Waals surface area (Å²) in [6.07, 6.45) is 9.95. The van der Waals surface area contributed by atoms with Crippen molar-refractivity contribution in [2.24, 2.45) is 23.2 Å². The van der Waals surface area contributed by atoms with Crippen LogP contribution in [-0.2, 0) is 6.42 Å². The second-order valence-corrected chi connectivity index (χ2v) is 7.09. The number of hydrogen-bond acceptors (Lipinski definition) is 2. The van der Waals surface area contributed by atoms with Crippen molar-refractivity contribution in [2.45, 2.75) is 44.9 Å². The van der Waals surface area contributed by atoms with Crippen LogP contribution in [0.1, 0.15) is 44.3 Å². The van der Waals surface area contributed by atoms with Gasteiger partial charge in [-0.15, -0.1) is 0 Å². The van der Waals surface area contributed by atoms with Crippen LogP contribution in [0, 0.1) is 27.9 Å². The van der Waals surface area contributed by atoms with Crippen molar-refractivity contribution in [2.75, 3.05) is 0 Å². The molecule has 0 unspecified atom stereocenters. The van der Waals surface area contributed by atoms with Crippen LogP contribution in [0.3, 0.4) is 0 Å². The molecule has 0 aliphatic heterocycles. The molecule has 0 atom stereocenters. The van der Waals surface area contributed by atoms with Crippen LogP contribution >= 0.6 is 12.2 Å². The van der Waals surface area contributed by atoms with E-state index in [9.17, 15) is 0 Å². The van der Waals surface area contributed by atoms with Crippen LogP contribution in [0.5, 0.6) is 0 Å². The minimum Gasteiger partial charge on any atom is -0.286 e. The smallest absolute Gasteiger partial charge is 0.213 e. The topological polar surface area (TPSA) is 44.5 Å². The van der Waals surface area contributed by atoms with Crippen LogP contribution in [0.2, 0.25) is 0 Å². The first-order chi connectivity index (χ1) is 8.21. The highest BCUT2D eigenvalue weighted by Crippen LogP contribution is 2.60. The van der Waals surface area contributed by atoms with Gasteiger partial charge in [0.1, 0.15) is 5.82 Å². The molecule has 3 nitrogen and oxygen atoms in total. The third kappa shape index (κ3) is 1.68. The zero-order valence-electron chi connectivity index (χ0n) is 10.0. The summed E-state index contributed by atoms with van der Waals surface area (Å²) in [4.78, 5) is 4.39. The first-order valence-corrected chi connectivity index (χ1v) is 7.25. The van der Waals surface area contributed by atoms with E-state index < -0.39 is 0 Å². The Morgan fingerprint density at radius 1 is 1.06 bits per heavy atom. The van der Waals surface area contributed by atoms with Gasteiger partial charge in [0, 0.05) is 6.42 Å². The molecule has 0 radical (unpaired) electrons. The SMILES string of the molecule is S=c1nc(CC23CC4CC(CC(C4)C2)C3)[nH][nH]1. The molecule has 4 aliphatic rings. The standard InChI is InChI=1S/C13H19N3S/c17-12-14-11(15-16-12)7-13-4-8-1-9(5-13)3-10(2-8)6-13/h8-10H,1-7H2,(H2,14,15,16,17). The molecule has 4 aliphatic carbocycles. The lowest BCUT2D eigenvalue weighted by atomic mass is 9.49. The largest absolute Gasteiger partial charge is 0.286 e. The van der Waals surface area contributed by atoms with Crippen molar-refractivity contribution < 1.29 is 0 Å². The van der Waals surface area contributed by atoms with Gasteiger partial charge in [-0.3, -0.25) is 10.2 Å². The molecule has 1 aromatic heterocycles. The van der Waals surface area contributed by atoms with Crippen LogP contribution in [0.15, 0.2) is 0 Å². The van der Waals surface area contributed by atoms with E-state index in [1.807, 2.05) is 0 Å². The third-order valence-electron chi connectivity index (χ3n) is 5.26. The molecule has 5 rings (SSSR count). The van der Waals surface area contributed by atoms with Gasteiger partial charge in [-0.05, 0) is 73.9 Å². The van der Waals surface area contributed by atoms with Gasteiger partial charge >= 0.3 is 0 Å². The molecule has 4 saturated carbocycles. The van der Waals surface area contributed by atoms with Gasteiger partial charge in [0.2, 0.25) is 4.77 Å². The molecule has 2 N–H and O–H groups in total. The molecule has 17 heavy (non-hydrogen) atoms. The summed E-state index contributed by atoms with van der Waals surface area (Å²) in [5, 5.41) is 6.07. The summed E-state index contributed by atoms with van der Waals surface area (Å²) < 4.78 is 0.602. The van der Waals surface area contributed by atoms with E-state index in [4.69, 9.17) is 12.2 Å². The molecule has 1 aromatic rings. The second kappa shape index (κ2) is 3.44. The first-order valence-electron chi connectivity index (χ1n) is 6.84. The molecule has 4 bridgehead atoms. The Labute approximate surface area is 106 Å². The summed E-state index contributed by atoms with van der Waals surface area (Å²) >= 11 is 5.04. The predicted octanol–water partition coefficient (Wildman–Crippen LogP) is 3.23. The van der Waals surface area contributed by atoms with Gasteiger partial charge in [-0.25, -0.2) is 4.98 Å². The van der Waals surface area contributed by atoms with Gasteiger partial charge in [0.15, 0.2) is 0 Å². The molecule has 0 aromatic carbocycles. The Morgan fingerprint density at radius 2 is 1.65 bits per heavy atom. The monoisotopic (exact) mass is 249 g/mol. The summed E-state index contributed by atoms with van der Waals surface area (Å²) in [5.41, 5.74) is 0.558. The molecule has 0 saturated heterocycles. The maximum absolute atomic E-state index is 5.04. The molecule has 0 spiro atoms. The summed E-state index contributed by atoms with van der Waals surface area (Å²) in [5.74, 6) is 4.13. The number of nitrogens with one attached hydrogen (secondary N) is 2. The molecule has 4 heteroatoms. The Balaban J connectivity index is 1.62. The van der Waals surface area contributed by atoms with Crippen LogP contribution in [0.4, 0.5) is 0 Å². The molecule has 0 amide bonds. The lowest BCUT2D eigenvalue weighted by molar-refractivity contribution is -0.0531. The van der Waals surface area contributed by atoms with Crippen LogP contribution in [-0.4, -0.2) is 15.2 Å². The average Bonchev–Trinajstić information content (AvgIpc) is 2.60. The fourth-order valence-corrected chi connectivity index (χ4v) is 5.41. The van der Waals surface area contributed by atoms with Gasteiger partial charge in [-0.1, -0.05) is 0 Å². The van der Waals surface area contributed by atoms with Crippen molar-refractivity contribution in [3.05, 3.63) is 10.6 Å². The highest BCUT2D eigenvalue weighted by Gasteiger charge is 2.50. The number of nitrogens with zero attached hydrogens (tertiary/aromatic N) is 1. The van der Waals surface area contributed by atoms with Gasteiger partial charge < -0.3 is 0 Å². The number of aromatic amines is 2. The first kappa shape index (κ1) is 10.3. The van der Waals surface area contributed by atoms with Crippen molar-refractivity contribution in [3.8, 4) is 0 Å². The van der Waals surface area contributed by atoms with E-state index in [1.54, 1.807) is 0 Å². The van der Waals surface area contributed by atoms with Crippen molar-refractivity contribution in [3.63, 3.8) is 0 Å². The van der Waals surface area contributed by atoms with Crippen molar-refractivity contribution in [1.29, 1.82) is 0 Å². The molecule has 4 fully saturated rings. The summed E-state index contributed by atoms with van der Waals surface area (Å²) in [7, 11) is 0. The summed E-state index contributed by atoms with van der Waals surface area (Å²) in [6.45, 7) is 0. The fourth-order valence-electron chi connectivity index (χ4n) is 5.25. The van der Waals surface area contributed by atoms with E-state index in [0.29, 0.717) is 10.2 Å². The van der Waals surface area contributed by atoms with E-state index in [-0.39, 0.29) is 0 Å². The van der Waals surface area contributed by atoms with Gasteiger partial charge in [0.05, 0.1) is 0 Å². The molecular weight excluding hydrogens is 230 g/mol. The number of H-pyrrole nitrogens is 2. The van der Waals surface area contributed by atoms with E-state index in [0.717, 1.165) is 30.0 Å². The van der Waals surface area contributed by atoms with E-state index >= 15 is 0 Å². The van der Waals surface area contributed by atoms with Crippen molar-refractivity contribution in [1.82, 2.24) is 15.2 Å². The number of rotatable bonds is 2. The zero-order valence-corrected chi connectivity index (χ0v) is 10.9. The number of aromatic nitrogens is 3. The quantitative estimate of drug-likeness (QED) is 0.790. The Kier molecular flexibility index (Phi) is 2.08. The normalized spacial score (nSPS) is 43.2. The minimum absolute atomic E-state index is 0.558. The lowest BCUT2D eigenvalue weighted by Crippen LogP contribution is -2.47. The Hall–Kier alpha value is -0.640. The zero-order chi connectivity index (χ0) is 11.5. The van der Waals surface area contributed by atoms with Gasteiger partial charge in [0.25, 0.3) is 0 Å². The number of hydrogen-bond donors (Lipinski definition) is 2. The Morgan fingerprint density at radius 3 is 2.12 bits per heavy atom. The minimum atomic E-state index is 0.558. The average molecular weight is 249 g/mol.